The Morgan fingerprint density at radius 1 is 1.26 bits per heavy atom. The number of aliphatic carboxylic acids is 1. The molecule has 0 aromatic heterocycles. The summed E-state index contributed by atoms with van der Waals surface area (Å²) in [5.74, 6) is -0.715. The third kappa shape index (κ3) is 3.96. The van der Waals surface area contributed by atoms with Crippen molar-refractivity contribution in [3.05, 3.63) is 23.8 Å². The van der Waals surface area contributed by atoms with Crippen LogP contribution in [-0.2, 0) is 15.8 Å². The summed E-state index contributed by atoms with van der Waals surface area (Å²) in [6.45, 7) is 0. The van der Waals surface area contributed by atoms with Crippen molar-refractivity contribution in [2.45, 2.75) is 12.1 Å². The van der Waals surface area contributed by atoms with Gasteiger partial charge in [-0.25, -0.2) is 0 Å². The number of benzene rings is 1. The summed E-state index contributed by atoms with van der Waals surface area (Å²) >= 11 is 0. The molecule has 3 N–H and O–H groups in total. The van der Waals surface area contributed by atoms with E-state index in [2.05, 4.69) is 0 Å². The number of rotatable bonds is 6. The van der Waals surface area contributed by atoms with Crippen molar-refractivity contribution in [3.63, 3.8) is 0 Å². The average molecular weight is 290 g/mol. The maximum absolute atomic E-state index is 11.1. The van der Waals surface area contributed by atoms with Gasteiger partial charge in [-0.3, -0.25) is 9.36 Å². The van der Waals surface area contributed by atoms with E-state index in [0.717, 1.165) is 0 Å². The van der Waals surface area contributed by atoms with Gasteiger partial charge in [0.1, 0.15) is 0 Å². The molecule has 0 aliphatic heterocycles. The van der Waals surface area contributed by atoms with E-state index in [9.17, 15) is 9.36 Å². The van der Waals surface area contributed by atoms with Crippen molar-refractivity contribution < 1.29 is 33.7 Å². The lowest BCUT2D eigenvalue weighted by atomic mass is 10.1. The zero-order valence-electron chi connectivity index (χ0n) is 10.4. The van der Waals surface area contributed by atoms with Gasteiger partial charge >= 0.3 is 13.6 Å². The van der Waals surface area contributed by atoms with Crippen LogP contribution in [0.2, 0.25) is 0 Å². The number of carboxylic acid groups (broad SMARTS) is 1. The molecule has 7 nitrogen and oxygen atoms in total. The first-order valence-corrected chi connectivity index (χ1v) is 6.96. The molecule has 1 aromatic rings. The highest BCUT2D eigenvalue weighted by Gasteiger charge is 2.35. The van der Waals surface area contributed by atoms with E-state index >= 15 is 0 Å². The van der Waals surface area contributed by atoms with Crippen molar-refractivity contribution in [1.29, 1.82) is 0 Å². The van der Waals surface area contributed by atoms with E-state index in [0.29, 0.717) is 17.1 Å². The highest BCUT2D eigenvalue weighted by atomic mass is 31.2. The number of hydrogen-bond donors (Lipinski definition) is 3. The second-order valence-electron chi connectivity index (χ2n) is 3.84. The fourth-order valence-electron chi connectivity index (χ4n) is 1.58. The minimum atomic E-state index is -4.71. The molecule has 0 saturated heterocycles. The molecule has 0 fully saturated rings. The maximum atomic E-state index is 11.1. The number of carbonyl (C=O) groups is 1. The lowest BCUT2D eigenvalue weighted by Gasteiger charge is -2.15. The predicted molar refractivity (Wildman–Crippen MR) is 66.7 cm³/mol. The van der Waals surface area contributed by atoms with Crippen LogP contribution in [0.15, 0.2) is 18.2 Å². The summed E-state index contributed by atoms with van der Waals surface area (Å²) in [6.07, 6.45) is -0.292. The summed E-state index contributed by atoms with van der Waals surface area (Å²) in [5.41, 5.74) is -1.33. The molecule has 19 heavy (non-hydrogen) atoms. The first-order valence-electron chi connectivity index (χ1n) is 5.28. The van der Waals surface area contributed by atoms with Crippen LogP contribution < -0.4 is 9.47 Å². The van der Waals surface area contributed by atoms with E-state index in [1.807, 2.05) is 0 Å². The van der Waals surface area contributed by atoms with Crippen LogP contribution in [0.3, 0.4) is 0 Å². The van der Waals surface area contributed by atoms with Crippen LogP contribution in [0.4, 0.5) is 0 Å². The Morgan fingerprint density at radius 3 is 2.26 bits per heavy atom. The van der Waals surface area contributed by atoms with E-state index in [4.69, 9.17) is 24.4 Å². The summed E-state index contributed by atoms with van der Waals surface area (Å²) in [5, 5.41) is 8.85. The quantitative estimate of drug-likeness (QED) is 0.666. The monoisotopic (exact) mass is 290 g/mol. The number of ether oxygens (including phenoxy) is 2. The number of hydrogen-bond acceptors (Lipinski definition) is 4. The van der Waals surface area contributed by atoms with Crippen molar-refractivity contribution in [1.82, 2.24) is 0 Å². The number of carboxylic acids is 1. The molecule has 1 unspecified atom stereocenters. The van der Waals surface area contributed by atoms with Gasteiger partial charge in [0.05, 0.1) is 14.2 Å². The van der Waals surface area contributed by atoms with Gasteiger partial charge in [0.15, 0.2) is 17.2 Å². The first-order chi connectivity index (χ1) is 8.79. The SMILES string of the molecule is COc1ccc(CC(C(=O)O)P(=O)(O)O)cc1OC. The zero-order chi connectivity index (χ0) is 14.6. The average Bonchev–Trinajstić information content (AvgIpc) is 2.33. The lowest BCUT2D eigenvalue weighted by Crippen LogP contribution is -2.23. The van der Waals surface area contributed by atoms with E-state index in [1.54, 1.807) is 6.07 Å². The van der Waals surface area contributed by atoms with Gasteiger partial charge in [0, 0.05) is 0 Å². The minimum Gasteiger partial charge on any atom is -0.493 e. The van der Waals surface area contributed by atoms with E-state index in [-0.39, 0.29) is 6.42 Å². The van der Waals surface area contributed by atoms with Crippen molar-refractivity contribution in [2.75, 3.05) is 14.2 Å². The van der Waals surface area contributed by atoms with Crippen molar-refractivity contribution in [2.24, 2.45) is 0 Å². The smallest absolute Gasteiger partial charge is 0.340 e. The zero-order valence-corrected chi connectivity index (χ0v) is 11.3. The second kappa shape index (κ2) is 6.06. The van der Waals surface area contributed by atoms with Crippen molar-refractivity contribution in [3.8, 4) is 11.5 Å². The summed E-state index contributed by atoms with van der Waals surface area (Å²) in [6, 6.07) is 4.57. The third-order valence-electron chi connectivity index (χ3n) is 2.57. The standard InChI is InChI=1S/C11H15O7P/c1-17-8-4-3-7(5-9(8)18-2)6-10(11(12)13)19(14,15)16/h3-5,10H,6H2,1-2H3,(H,12,13)(H2,14,15,16). The van der Waals surface area contributed by atoms with Gasteiger partial charge in [-0.15, -0.1) is 0 Å². The highest BCUT2D eigenvalue weighted by molar-refractivity contribution is 7.53. The maximum Gasteiger partial charge on any atom is 0.340 e. The topological polar surface area (TPSA) is 113 Å². The van der Waals surface area contributed by atoms with Gasteiger partial charge in [-0.05, 0) is 24.1 Å². The number of methoxy groups -OCH3 is 2. The van der Waals surface area contributed by atoms with Crippen molar-refractivity contribution >= 4 is 13.6 Å². The molecule has 8 heteroatoms. The second-order valence-corrected chi connectivity index (χ2v) is 5.64. The fraction of sp³-hybridized carbons (Fsp3) is 0.364. The Bertz CT molecular complexity index is 508. The Hall–Kier alpha value is -1.56. The Balaban J connectivity index is 3.04. The molecule has 0 aliphatic rings. The van der Waals surface area contributed by atoms with Crippen LogP contribution in [-0.4, -0.2) is 40.7 Å². The Morgan fingerprint density at radius 2 is 1.84 bits per heavy atom. The molecule has 1 atom stereocenters. The molecule has 1 aromatic carbocycles. The van der Waals surface area contributed by atoms with Crippen LogP contribution in [0.25, 0.3) is 0 Å². The van der Waals surface area contributed by atoms with Gasteiger partial charge in [-0.1, -0.05) is 6.07 Å². The largest absolute Gasteiger partial charge is 0.493 e. The molecule has 0 amide bonds. The Labute approximate surface area is 109 Å². The normalized spacial score (nSPS) is 12.8. The fourth-order valence-corrected chi connectivity index (χ4v) is 2.32. The highest BCUT2D eigenvalue weighted by Crippen LogP contribution is 2.43. The summed E-state index contributed by atoms with van der Waals surface area (Å²) in [7, 11) is -1.84. The van der Waals surface area contributed by atoms with Gasteiger partial charge in [0.2, 0.25) is 0 Å². The molecule has 0 spiro atoms. The van der Waals surface area contributed by atoms with Crippen LogP contribution in [0, 0.1) is 0 Å². The van der Waals surface area contributed by atoms with Gasteiger partial charge in [0.25, 0.3) is 0 Å². The van der Waals surface area contributed by atoms with E-state index < -0.39 is 19.2 Å². The van der Waals surface area contributed by atoms with Gasteiger partial charge in [-0.2, -0.15) is 0 Å². The molecule has 0 heterocycles. The molecular weight excluding hydrogens is 275 g/mol. The van der Waals surface area contributed by atoms with Crippen LogP contribution >= 0.6 is 7.60 Å². The summed E-state index contributed by atoms with van der Waals surface area (Å²) in [4.78, 5) is 28.9. The first kappa shape index (κ1) is 15.5. The molecular formula is C11H15O7P. The van der Waals surface area contributed by atoms with Crippen LogP contribution in [0.5, 0.6) is 11.5 Å². The minimum absolute atomic E-state index is 0.292. The Kier molecular flexibility index (Phi) is 4.94. The van der Waals surface area contributed by atoms with Gasteiger partial charge < -0.3 is 24.4 Å². The predicted octanol–water partition coefficient (Wildman–Crippen LogP) is 0.877. The van der Waals surface area contributed by atoms with E-state index in [1.165, 1.54) is 26.4 Å². The molecule has 106 valence electrons. The molecule has 0 radical (unpaired) electrons. The third-order valence-corrected chi connectivity index (χ3v) is 3.78. The van der Waals surface area contributed by atoms with Crippen LogP contribution in [0.1, 0.15) is 5.56 Å². The summed E-state index contributed by atoms with van der Waals surface area (Å²) < 4.78 is 21.2. The lowest BCUT2D eigenvalue weighted by molar-refractivity contribution is -0.136. The molecule has 1 rings (SSSR count). The molecule has 0 aliphatic carbocycles. The molecule has 0 bridgehead atoms. The molecule has 0 saturated carbocycles.